The minimum atomic E-state index is -0.322. The first-order chi connectivity index (χ1) is 14.9. The van der Waals surface area contributed by atoms with Crippen molar-refractivity contribution in [3.63, 3.8) is 0 Å². The van der Waals surface area contributed by atoms with E-state index in [1.54, 1.807) is 36.4 Å². The van der Waals surface area contributed by atoms with Crippen LogP contribution in [0, 0.1) is 0 Å². The number of rotatable bonds is 6. The van der Waals surface area contributed by atoms with E-state index >= 15 is 0 Å². The summed E-state index contributed by atoms with van der Waals surface area (Å²) in [7, 11) is 1.83. The Hall–Kier alpha value is -3.08. The third-order valence-electron chi connectivity index (χ3n) is 5.17. The van der Waals surface area contributed by atoms with Crippen LogP contribution in [0.25, 0.3) is 5.57 Å². The summed E-state index contributed by atoms with van der Waals surface area (Å²) >= 11 is 12.0. The molecule has 0 unspecified atom stereocenters. The molecule has 1 heterocycles. The zero-order valence-electron chi connectivity index (χ0n) is 16.9. The van der Waals surface area contributed by atoms with Gasteiger partial charge in [-0.25, -0.2) is 0 Å². The summed E-state index contributed by atoms with van der Waals surface area (Å²) in [4.78, 5) is 29.9. The van der Waals surface area contributed by atoms with Crippen LogP contribution in [0.4, 0.5) is 0 Å². The number of hydrogen-bond acceptors (Lipinski definition) is 3. The molecule has 0 atom stereocenters. The quantitative estimate of drug-likeness (QED) is 0.471. The van der Waals surface area contributed by atoms with Gasteiger partial charge in [0, 0.05) is 23.6 Å². The molecular weight excluding hydrogens is 431 g/mol. The fourth-order valence-electron chi connectivity index (χ4n) is 3.65. The Bertz CT molecular complexity index is 1140. The molecule has 156 valence electrons. The van der Waals surface area contributed by atoms with Gasteiger partial charge in [-0.2, -0.15) is 0 Å². The average Bonchev–Trinajstić information content (AvgIpc) is 3.01. The van der Waals surface area contributed by atoms with Crippen molar-refractivity contribution in [1.29, 1.82) is 0 Å². The summed E-state index contributed by atoms with van der Waals surface area (Å²) in [6.45, 7) is 0.676. The number of carbonyl (C=O) groups is 2. The number of likely N-dealkylation sites (N-methyl/N-ethyl adjacent to an activating group) is 1. The van der Waals surface area contributed by atoms with E-state index in [4.69, 9.17) is 23.2 Å². The number of hydrogen-bond donors (Lipinski definition) is 0. The highest BCUT2D eigenvalue weighted by Gasteiger charge is 2.40. The van der Waals surface area contributed by atoms with Crippen LogP contribution in [-0.2, 0) is 22.7 Å². The van der Waals surface area contributed by atoms with E-state index in [0.717, 1.165) is 11.1 Å². The molecule has 0 saturated carbocycles. The Morgan fingerprint density at radius 2 is 1.32 bits per heavy atom. The molecular formula is C25H20Cl2N2O2. The van der Waals surface area contributed by atoms with Crippen molar-refractivity contribution in [2.75, 3.05) is 7.05 Å². The van der Waals surface area contributed by atoms with Crippen molar-refractivity contribution < 1.29 is 9.59 Å². The first-order valence-corrected chi connectivity index (χ1v) is 10.6. The number of carbonyl (C=O) groups excluding carboxylic acids is 2. The molecule has 0 radical (unpaired) electrons. The largest absolute Gasteiger partial charge is 0.365 e. The highest BCUT2D eigenvalue weighted by Crippen LogP contribution is 2.33. The summed E-state index contributed by atoms with van der Waals surface area (Å²) in [5.74, 6) is -0.638. The maximum absolute atomic E-state index is 13.4. The van der Waals surface area contributed by atoms with E-state index in [2.05, 4.69) is 0 Å². The lowest BCUT2D eigenvalue weighted by Crippen LogP contribution is -2.33. The number of benzene rings is 3. The van der Waals surface area contributed by atoms with Crippen LogP contribution in [0.1, 0.15) is 16.7 Å². The lowest BCUT2D eigenvalue weighted by atomic mass is 10.0. The number of imide groups is 1. The van der Waals surface area contributed by atoms with Gasteiger partial charge in [-0.3, -0.25) is 14.5 Å². The van der Waals surface area contributed by atoms with Crippen LogP contribution in [0.3, 0.4) is 0 Å². The number of amides is 2. The minimum Gasteiger partial charge on any atom is -0.365 e. The Kier molecular flexibility index (Phi) is 6.12. The fraction of sp³-hybridized carbons (Fsp3) is 0.120. The van der Waals surface area contributed by atoms with Gasteiger partial charge in [0.2, 0.25) is 0 Å². The Morgan fingerprint density at radius 3 is 1.94 bits per heavy atom. The Balaban J connectivity index is 1.71. The maximum atomic E-state index is 13.4. The molecule has 0 bridgehead atoms. The molecule has 31 heavy (non-hydrogen) atoms. The molecule has 0 aromatic heterocycles. The lowest BCUT2D eigenvalue weighted by molar-refractivity contribution is -0.138. The Morgan fingerprint density at radius 1 is 0.742 bits per heavy atom. The van der Waals surface area contributed by atoms with Gasteiger partial charge in [0.05, 0.1) is 12.1 Å². The van der Waals surface area contributed by atoms with E-state index in [1.165, 1.54) is 4.90 Å². The second-order valence-corrected chi connectivity index (χ2v) is 8.27. The normalized spacial score (nSPS) is 13.8. The van der Waals surface area contributed by atoms with E-state index in [0.29, 0.717) is 33.4 Å². The van der Waals surface area contributed by atoms with Gasteiger partial charge in [-0.1, -0.05) is 77.8 Å². The summed E-state index contributed by atoms with van der Waals surface area (Å²) < 4.78 is 0. The van der Waals surface area contributed by atoms with Crippen LogP contribution in [0.15, 0.2) is 84.6 Å². The molecule has 4 nitrogen and oxygen atoms in total. The van der Waals surface area contributed by atoms with E-state index in [-0.39, 0.29) is 18.4 Å². The smallest absolute Gasteiger partial charge is 0.278 e. The van der Waals surface area contributed by atoms with E-state index in [9.17, 15) is 9.59 Å². The third-order valence-corrected chi connectivity index (χ3v) is 5.68. The van der Waals surface area contributed by atoms with Crippen LogP contribution in [0.5, 0.6) is 0 Å². The third kappa shape index (κ3) is 4.50. The van der Waals surface area contributed by atoms with Gasteiger partial charge in [-0.05, 0) is 41.0 Å². The number of halogens is 2. The van der Waals surface area contributed by atoms with Gasteiger partial charge in [-0.15, -0.1) is 0 Å². The van der Waals surface area contributed by atoms with E-state index < -0.39 is 0 Å². The van der Waals surface area contributed by atoms with Gasteiger partial charge in [0.15, 0.2) is 0 Å². The standard InChI is InChI=1S/C25H20Cl2N2O2/c1-28(15-17-5-3-2-4-6-17)23-22(19-9-13-21(27)14-10-19)24(30)29(25(23)31)16-18-7-11-20(26)12-8-18/h2-14H,15-16H2,1H3. The van der Waals surface area contributed by atoms with Gasteiger partial charge >= 0.3 is 0 Å². The van der Waals surface area contributed by atoms with Crippen molar-refractivity contribution >= 4 is 40.6 Å². The molecule has 0 fully saturated rings. The van der Waals surface area contributed by atoms with Crippen LogP contribution in [0.2, 0.25) is 10.0 Å². The van der Waals surface area contributed by atoms with Crippen molar-refractivity contribution in [2.45, 2.75) is 13.1 Å². The Labute approximate surface area is 191 Å². The highest BCUT2D eigenvalue weighted by atomic mass is 35.5. The van der Waals surface area contributed by atoms with Crippen molar-refractivity contribution in [2.24, 2.45) is 0 Å². The fourth-order valence-corrected chi connectivity index (χ4v) is 3.90. The highest BCUT2D eigenvalue weighted by molar-refractivity contribution is 6.36. The molecule has 0 aliphatic carbocycles. The second-order valence-electron chi connectivity index (χ2n) is 7.40. The molecule has 1 aliphatic rings. The molecule has 0 N–H and O–H groups in total. The van der Waals surface area contributed by atoms with Gasteiger partial charge < -0.3 is 4.90 Å². The molecule has 0 saturated heterocycles. The maximum Gasteiger partial charge on any atom is 0.278 e. The second kappa shape index (κ2) is 8.96. The monoisotopic (exact) mass is 450 g/mol. The first-order valence-electron chi connectivity index (χ1n) is 9.80. The minimum absolute atomic E-state index is 0.175. The predicted octanol–water partition coefficient (Wildman–Crippen LogP) is 5.41. The van der Waals surface area contributed by atoms with E-state index in [1.807, 2.05) is 54.4 Å². The zero-order chi connectivity index (χ0) is 22.0. The summed E-state index contributed by atoms with van der Waals surface area (Å²) in [5, 5.41) is 1.17. The summed E-state index contributed by atoms with van der Waals surface area (Å²) in [6, 6.07) is 23.9. The first kappa shape index (κ1) is 21.2. The van der Waals surface area contributed by atoms with Gasteiger partial charge in [0.1, 0.15) is 5.70 Å². The van der Waals surface area contributed by atoms with Gasteiger partial charge in [0.25, 0.3) is 11.8 Å². The molecule has 3 aromatic carbocycles. The SMILES string of the molecule is CN(Cc1ccccc1)C1=C(c2ccc(Cl)cc2)C(=O)N(Cc2ccc(Cl)cc2)C1=O. The van der Waals surface area contributed by atoms with Crippen LogP contribution in [-0.4, -0.2) is 28.7 Å². The zero-order valence-corrected chi connectivity index (χ0v) is 18.4. The summed E-state index contributed by atoms with van der Waals surface area (Å²) in [5.41, 5.74) is 3.30. The van der Waals surface area contributed by atoms with Crippen molar-refractivity contribution in [3.05, 3.63) is 111 Å². The summed E-state index contributed by atoms with van der Waals surface area (Å²) in [6.07, 6.45) is 0. The number of nitrogens with zero attached hydrogens (tertiary/aromatic N) is 2. The van der Waals surface area contributed by atoms with Crippen molar-refractivity contribution in [3.8, 4) is 0 Å². The van der Waals surface area contributed by atoms with Crippen LogP contribution >= 0.6 is 23.2 Å². The molecule has 6 heteroatoms. The molecule has 3 aromatic rings. The lowest BCUT2D eigenvalue weighted by Gasteiger charge is -2.21. The van der Waals surface area contributed by atoms with Crippen molar-refractivity contribution in [1.82, 2.24) is 9.80 Å². The molecule has 4 rings (SSSR count). The topological polar surface area (TPSA) is 40.6 Å². The molecule has 2 amide bonds. The van der Waals surface area contributed by atoms with Crippen LogP contribution < -0.4 is 0 Å². The molecule has 1 aliphatic heterocycles. The molecule has 0 spiro atoms. The average molecular weight is 451 g/mol. The predicted molar refractivity (Wildman–Crippen MR) is 123 cm³/mol.